The van der Waals surface area contributed by atoms with Crippen LogP contribution in [0.4, 0.5) is 0 Å². The van der Waals surface area contributed by atoms with E-state index in [0.29, 0.717) is 11.2 Å². The van der Waals surface area contributed by atoms with Crippen molar-refractivity contribution in [2.75, 3.05) is 13.6 Å². The lowest BCUT2D eigenvalue weighted by Gasteiger charge is -2.18. The summed E-state index contributed by atoms with van der Waals surface area (Å²) in [6, 6.07) is 0.362. The molecule has 2 rings (SSSR count). The molecule has 1 aromatic heterocycles. The summed E-state index contributed by atoms with van der Waals surface area (Å²) >= 11 is 5.97. The average molecular weight is 198 g/mol. The number of nitrogens with zero attached hydrogens (tertiary/aromatic N) is 3. The van der Waals surface area contributed by atoms with Crippen molar-refractivity contribution in [2.45, 2.75) is 18.9 Å². The molecule has 0 bridgehead atoms. The van der Waals surface area contributed by atoms with Crippen LogP contribution >= 0.6 is 11.6 Å². The van der Waals surface area contributed by atoms with E-state index in [1.807, 2.05) is 0 Å². The van der Waals surface area contributed by atoms with Crippen LogP contribution in [0.1, 0.15) is 24.6 Å². The van der Waals surface area contributed by atoms with Crippen LogP contribution in [-0.4, -0.2) is 28.5 Å². The summed E-state index contributed by atoms with van der Waals surface area (Å²) in [4.78, 5) is 10.6. The minimum atomic E-state index is 0.362. The molecule has 1 aromatic rings. The maximum absolute atomic E-state index is 5.97. The van der Waals surface area contributed by atoms with Gasteiger partial charge in [0, 0.05) is 12.4 Å². The topological polar surface area (TPSA) is 29.0 Å². The van der Waals surface area contributed by atoms with Gasteiger partial charge < -0.3 is 0 Å². The Bertz CT molecular complexity index is 303. The second-order valence-corrected chi connectivity index (χ2v) is 3.73. The van der Waals surface area contributed by atoms with Gasteiger partial charge >= 0.3 is 0 Å². The highest BCUT2D eigenvalue weighted by atomic mass is 35.5. The minimum absolute atomic E-state index is 0.362. The van der Waals surface area contributed by atoms with Crippen molar-refractivity contribution in [1.82, 2.24) is 14.9 Å². The van der Waals surface area contributed by atoms with E-state index in [2.05, 4.69) is 21.9 Å². The molecule has 2 heterocycles. The smallest absolute Gasteiger partial charge is 0.152 e. The molecule has 1 aliphatic rings. The summed E-state index contributed by atoms with van der Waals surface area (Å²) in [5.41, 5.74) is 0.921. The van der Waals surface area contributed by atoms with E-state index >= 15 is 0 Å². The highest BCUT2D eigenvalue weighted by Gasteiger charge is 2.25. The number of aromatic nitrogens is 2. The molecular formula is C9H12ClN3. The molecule has 1 saturated heterocycles. The predicted molar refractivity (Wildman–Crippen MR) is 51.6 cm³/mol. The first kappa shape index (κ1) is 8.91. The Balaban J connectivity index is 2.29. The van der Waals surface area contributed by atoms with Gasteiger partial charge in [0.05, 0.1) is 11.7 Å². The molecule has 1 atom stereocenters. The molecule has 0 N–H and O–H groups in total. The highest BCUT2D eigenvalue weighted by molar-refractivity contribution is 6.30. The first-order valence-electron chi connectivity index (χ1n) is 4.45. The molecule has 13 heavy (non-hydrogen) atoms. The van der Waals surface area contributed by atoms with Crippen LogP contribution in [0.15, 0.2) is 12.4 Å². The third kappa shape index (κ3) is 1.67. The molecule has 1 aliphatic heterocycles. The van der Waals surface area contributed by atoms with Gasteiger partial charge in [0.15, 0.2) is 5.15 Å². The Morgan fingerprint density at radius 2 is 2.23 bits per heavy atom. The minimum Gasteiger partial charge on any atom is -0.298 e. The standard InChI is InChI=1S/C9H12ClN3/c1-13-6-2-3-7(13)8-9(10)12-5-4-11-8/h4-5,7H,2-3,6H2,1H3/t7-/m1/s1. The Morgan fingerprint density at radius 1 is 1.46 bits per heavy atom. The molecule has 3 nitrogen and oxygen atoms in total. The van der Waals surface area contributed by atoms with Crippen molar-refractivity contribution in [2.24, 2.45) is 0 Å². The van der Waals surface area contributed by atoms with E-state index in [4.69, 9.17) is 11.6 Å². The first-order valence-corrected chi connectivity index (χ1v) is 4.83. The van der Waals surface area contributed by atoms with Gasteiger partial charge in [0.1, 0.15) is 0 Å². The van der Waals surface area contributed by atoms with Gasteiger partial charge in [0.25, 0.3) is 0 Å². The van der Waals surface area contributed by atoms with Crippen LogP contribution in [0.3, 0.4) is 0 Å². The van der Waals surface area contributed by atoms with Crippen LogP contribution in [0.5, 0.6) is 0 Å². The number of rotatable bonds is 1. The van der Waals surface area contributed by atoms with E-state index in [1.165, 1.54) is 6.42 Å². The number of halogens is 1. The normalized spacial score (nSPS) is 23.7. The van der Waals surface area contributed by atoms with Crippen LogP contribution < -0.4 is 0 Å². The molecular weight excluding hydrogens is 186 g/mol. The Hall–Kier alpha value is -0.670. The second kappa shape index (κ2) is 3.60. The third-order valence-corrected chi connectivity index (χ3v) is 2.81. The van der Waals surface area contributed by atoms with Crippen molar-refractivity contribution >= 4 is 11.6 Å². The fraction of sp³-hybridized carbons (Fsp3) is 0.556. The van der Waals surface area contributed by atoms with Crippen LogP contribution in [-0.2, 0) is 0 Å². The molecule has 0 radical (unpaired) electrons. The van der Waals surface area contributed by atoms with E-state index in [0.717, 1.165) is 18.7 Å². The maximum atomic E-state index is 5.97. The summed E-state index contributed by atoms with van der Waals surface area (Å²) in [7, 11) is 2.10. The van der Waals surface area contributed by atoms with E-state index in [9.17, 15) is 0 Å². The molecule has 0 amide bonds. The Morgan fingerprint density at radius 3 is 2.85 bits per heavy atom. The fourth-order valence-corrected chi connectivity index (χ4v) is 2.04. The van der Waals surface area contributed by atoms with Crippen molar-refractivity contribution in [3.8, 4) is 0 Å². The molecule has 0 aliphatic carbocycles. The van der Waals surface area contributed by atoms with Gasteiger partial charge in [0.2, 0.25) is 0 Å². The lowest BCUT2D eigenvalue weighted by atomic mass is 10.1. The summed E-state index contributed by atoms with van der Waals surface area (Å²) in [6.45, 7) is 1.12. The molecule has 1 fully saturated rings. The molecule has 0 saturated carbocycles. The molecule has 0 spiro atoms. The van der Waals surface area contributed by atoms with Crippen molar-refractivity contribution in [3.05, 3.63) is 23.2 Å². The molecule has 70 valence electrons. The van der Waals surface area contributed by atoms with Crippen LogP contribution in [0.25, 0.3) is 0 Å². The number of hydrogen-bond acceptors (Lipinski definition) is 3. The summed E-state index contributed by atoms with van der Waals surface area (Å²) in [5, 5.41) is 0.543. The van der Waals surface area contributed by atoms with Gasteiger partial charge in [-0.05, 0) is 26.4 Å². The lowest BCUT2D eigenvalue weighted by molar-refractivity contribution is 0.311. The quantitative estimate of drug-likeness (QED) is 0.689. The lowest BCUT2D eigenvalue weighted by Crippen LogP contribution is -2.19. The van der Waals surface area contributed by atoms with Crippen molar-refractivity contribution in [1.29, 1.82) is 0 Å². The van der Waals surface area contributed by atoms with E-state index in [1.54, 1.807) is 12.4 Å². The number of likely N-dealkylation sites (tertiary alicyclic amines) is 1. The zero-order chi connectivity index (χ0) is 9.26. The maximum Gasteiger partial charge on any atom is 0.152 e. The molecule has 0 aromatic carbocycles. The molecule has 4 heteroatoms. The SMILES string of the molecule is CN1CCC[C@@H]1c1nccnc1Cl. The fourth-order valence-electron chi connectivity index (χ4n) is 1.81. The Kier molecular flexibility index (Phi) is 2.47. The van der Waals surface area contributed by atoms with Crippen molar-refractivity contribution < 1.29 is 0 Å². The summed E-state index contributed by atoms with van der Waals surface area (Å²) in [5.74, 6) is 0. The van der Waals surface area contributed by atoms with E-state index in [-0.39, 0.29) is 0 Å². The number of hydrogen-bond donors (Lipinski definition) is 0. The summed E-state index contributed by atoms with van der Waals surface area (Å²) < 4.78 is 0. The third-order valence-electron chi connectivity index (χ3n) is 2.52. The van der Waals surface area contributed by atoms with Gasteiger partial charge in [-0.2, -0.15) is 0 Å². The Labute approximate surface area is 82.8 Å². The zero-order valence-corrected chi connectivity index (χ0v) is 8.33. The van der Waals surface area contributed by atoms with Crippen molar-refractivity contribution in [3.63, 3.8) is 0 Å². The van der Waals surface area contributed by atoms with Crippen LogP contribution in [0, 0.1) is 0 Å². The van der Waals surface area contributed by atoms with Gasteiger partial charge in [-0.3, -0.25) is 9.88 Å². The van der Waals surface area contributed by atoms with Gasteiger partial charge in [-0.25, -0.2) is 4.98 Å². The van der Waals surface area contributed by atoms with E-state index < -0.39 is 0 Å². The first-order chi connectivity index (χ1) is 6.29. The predicted octanol–water partition coefficient (Wildman–Crippen LogP) is 1.90. The van der Waals surface area contributed by atoms with Gasteiger partial charge in [-0.1, -0.05) is 11.6 Å². The summed E-state index contributed by atoms with van der Waals surface area (Å²) in [6.07, 6.45) is 5.68. The largest absolute Gasteiger partial charge is 0.298 e. The monoisotopic (exact) mass is 197 g/mol. The highest BCUT2D eigenvalue weighted by Crippen LogP contribution is 2.31. The van der Waals surface area contributed by atoms with Crippen LogP contribution in [0.2, 0.25) is 5.15 Å². The zero-order valence-electron chi connectivity index (χ0n) is 7.57. The van der Waals surface area contributed by atoms with Gasteiger partial charge in [-0.15, -0.1) is 0 Å². The average Bonchev–Trinajstić information content (AvgIpc) is 2.52. The molecule has 0 unspecified atom stereocenters. The second-order valence-electron chi connectivity index (χ2n) is 3.37.